The largest absolute Gasteiger partial charge is 0.331 e. The first-order valence-electron chi connectivity index (χ1n) is 6.22. The van der Waals surface area contributed by atoms with Crippen LogP contribution in [0.4, 0.5) is 0 Å². The molecule has 0 aromatic carbocycles. The first-order valence-corrected chi connectivity index (χ1v) is 12.7. The predicted molar refractivity (Wildman–Crippen MR) is 73.3 cm³/mol. The van der Waals surface area contributed by atoms with Gasteiger partial charge in [-0.25, -0.2) is 0 Å². The molecule has 0 aromatic rings. The highest BCUT2D eigenvalue weighted by Gasteiger charge is 2.18. The summed E-state index contributed by atoms with van der Waals surface area (Å²) in [6, 6.07) is 0. The third-order valence-electron chi connectivity index (χ3n) is 2.35. The van der Waals surface area contributed by atoms with E-state index in [1.807, 2.05) is 0 Å². The molecule has 0 unspecified atom stereocenters. The van der Waals surface area contributed by atoms with Crippen molar-refractivity contribution in [2.75, 3.05) is 13.1 Å². The van der Waals surface area contributed by atoms with E-state index in [0.717, 1.165) is 0 Å². The smallest absolute Gasteiger partial charge is 0.0862 e. The molecule has 0 saturated carbocycles. The second-order valence-electron chi connectivity index (χ2n) is 5.54. The molecule has 0 saturated heterocycles. The number of rotatable bonds is 8. The number of hydrogen-bond acceptors (Lipinski definition) is 1. The molecule has 86 valence electrons. The molecule has 3 heteroatoms. The lowest BCUT2D eigenvalue weighted by molar-refractivity contribution is 0.425. The van der Waals surface area contributed by atoms with Crippen molar-refractivity contribution in [3.63, 3.8) is 0 Å². The average molecular weight is 232 g/mol. The monoisotopic (exact) mass is 231 g/mol. The summed E-state index contributed by atoms with van der Waals surface area (Å²) in [5, 5.41) is 0. The maximum Gasteiger partial charge on any atom is 0.0862 e. The van der Waals surface area contributed by atoms with E-state index >= 15 is 0 Å². The van der Waals surface area contributed by atoms with Crippen LogP contribution in [0.2, 0.25) is 19.6 Å². The van der Waals surface area contributed by atoms with Gasteiger partial charge >= 0.3 is 0 Å². The fourth-order valence-electron chi connectivity index (χ4n) is 1.70. The van der Waals surface area contributed by atoms with E-state index < -0.39 is 7.59 Å². The van der Waals surface area contributed by atoms with Crippen LogP contribution in [0.3, 0.4) is 0 Å². The third kappa shape index (κ3) is 8.97. The van der Waals surface area contributed by atoms with Gasteiger partial charge in [0.25, 0.3) is 0 Å². The second-order valence-corrected chi connectivity index (χ2v) is 19.2. The standard InChI is InChI=1S/C11H29NSi2/c1-6-8-10-12(11-9-7-2)13-14(3,4)5/h6-11,13H2,1-5H3. The maximum atomic E-state index is 2.83. The van der Waals surface area contributed by atoms with Gasteiger partial charge in [-0.15, -0.1) is 0 Å². The van der Waals surface area contributed by atoms with Crippen molar-refractivity contribution in [2.45, 2.75) is 59.2 Å². The lowest BCUT2D eigenvalue weighted by Crippen LogP contribution is -2.44. The zero-order chi connectivity index (χ0) is 11.0. The molecule has 0 fully saturated rings. The molecule has 14 heavy (non-hydrogen) atoms. The highest BCUT2D eigenvalue weighted by atomic mass is 29.2. The fourth-order valence-corrected chi connectivity index (χ4v) is 8.78. The summed E-state index contributed by atoms with van der Waals surface area (Å²) in [6.45, 7) is 15.0. The van der Waals surface area contributed by atoms with E-state index in [1.165, 1.54) is 38.8 Å². The molecule has 0 bridgehead atoms. The molecule has 0 aliphatic carbocycles. The van der Waals surface area contributed by atoms with Crippen LogP contribution in [0.15, 0.2) is 0 Å². The highest BCUT2D eigenvalue weighted by molar-refractivity contribution is 7.22. The van der Waals surface area contributed by atoms with Gasteiger partial charge in [-0.1, -0.05) is 46.3 Å². The Bertz CT molecular complexity index is 124. The molecule has 0 rings (SSSR count). The summed E-state index contributed by atoms with van der Waals surface area (Å²) in [5.74, 6) is 0. The van der Waals surface area contributed by atoms with Crippen LogP contribution >= 0.6 is 0 Å². The molecule has 0 N–H and O–H groups in total. The Morgan fingerprint density at radius 2 is 1.36 bits per heavy atom. The molecular formula is C11H29NSi2. The molecule has 0 amide bonds. The van der Waals surface area contributed by atoms with Gasteiger partial charge in [0, 0.05) is 7.59 Å². The fraction of sp³-hybridized carbons (Fsp3) is 1.00. The Hall–Kier alpha value is 0.394. The van der Waals surface area contributed by atoms with E-state index in [-0.39, 0.29) is 9.20 Å². The van der Waals surface area contributed by atoms with Crippen molar-refractivity contribution < 1.29 is 0 Å². The van der Waals surface area contributed by atoms with Crippen molar-refractivity contribution in [3.8, 4) is 0 Å². The molecule has 0 radical (unpaired) electrons. The summed E-state index contributed by atoms with van der Waals surface area (Å²) >= 11 is 0. The normalized spacial score (nSPS) is 13.3. The van der Waals surface area contributed by atoms with Gasteiger partial charge in [0.1, 0.15) is 0 Å². The summed E-state index contributed by atoms with van der Waals surface area (Å²) in [4.78, 5) is 0. The van der Waals surface area contributed by atoms with Crippen LogP contribution in [0, 0.1) is 0 Å². The highest BCUT2D eigenvalue weighted by Crippen LogP contribution is 2.04. The lowest BCUT2D eigenvalue weighted by Gasteiger charge is -2.28. The number of nitrogens with zero attached hydrogens (tertiary/aromatic N) is 1. The zero-order valence-electron chi connectivity index (χ0n) is 10.9. The minimum absolute atomic E-state index is 0.0952. The minimum atomic E-state index is -0.755. The van der Waals surface area contributed by atoms with E-state index in [0.29, 0.717) is 0 Å². The van der Waals surface area contributed by atoms with Gasteiger partial charge in [0.15, 0.2) is 0 Å². The van der Waals surface area contributed by atoms with Gasteiger partial charge in [-0.3, -0.25) is 0 Å². The van der Waals surface area contributed by atoms with Crippen molar-refractivity contribution in [2.24, 2.45) is 0 Å². The van der Waals surface area contributed by atoms with Crippen molar-refractivity contribution in [3.05, 3.63) is 0 Å². The second kappa shape index (κ2) is 7.66. The molecule has 0 spiro atoms. The van der Waals surface area contributed by atoms with E-state index in [1.54, 1.807) is 0 Å². The molecule has 0 aliphatic heterocycles. The van der Waals surface area contributed by atoms with Crippen LogP contribution in [0.1, 0.15) is 39.5 Å². The van der Waals surface area contributed by atoms with Gasteiger partial charge in [-0.05, 0) is 25.9 Å². The quantitative estimate of drug-likeness (QED) is 0.581. The SMILES string of the molecule is CCCCN(CCCC)[SiH2][Si](C)(C)C. The van der Waals surface area contributed by atoms with E-state index in [2.05, 4.69) is 38.1 Å². The predicted octanol–water partition coefficient (Wildman–Crippen LogP) is 2.81. The number of hydrogen-bond donors (Lipinski definition) is 0. The molecule has 0 atom stereocenters. The number of unbranched alkanes of at least 4 members (excludes halogenated alkanes) is 2. The van der Waals surface area contributed by atoms with Crippen LogP contribution in [0.5, 0.6) is 0 Å². The Morgan fingerprint density at radius 1 is 0.929 bits per heavy atom. The third-order valence-corrected chi connectivity index (χ3v) is 8.57. The van der Waals surface area contributed by atoms with Crippen molar-refractivity contribution in [1.29, 1.82) is 0 Å². The van der Waals surface area contributed by atoms with Gasteiger partial charge in [-0.2, -0.15) is 0 Å². The lowest BCUT2D eigenvalue weighted by atomic mass is 10.3. The molecule has 0 aromatic heterocycles. The van der Waals surface area contributed by atoms with Crippen LogP contribution in [-0.4, -0.2) is 34.4 Å². The van der Waals surface area contributed by atoms with Crippen LogP contribution in [0.25, 0.3) is 0 Å². The summed E-state index contributed by atoms with van der Waals surface area (Å²) in [7, 11) is -0.660. The van der Waals surface area contributed by atoms with Gasteiger partial charge in [0.2, 0.25) is 0 Å². The van der Waals surface area contributed by atoms with Crippen LogP contribution < -0.4 is 0 Å². The van der Waals surface area contributed by atoms with Gasteiger partial charge in [0.05, 0.1) is 9.20 Å². The average Bonchev–Trinajstić information content (AvgIpc) is 2.07. The molecule has 0 aliphatic rings. The minimum Gasteiger partial charge on any atom is -0.331 e. The topological polar surface area (TPSA) is 3.24 Å². The first-order chi connectivity index (χ1) is 6.49. The van der Waals surface area contributed by atoms with Crippen molar-refractivity contribution >= 4 is 16.8 Å². The van der Waals surface area contributed by atoms with Crippen LogP contribution in [-0.2, 0) is 0 Å². The maximum absolute atomic E-state index is 2.83. The molecule has 1 nitrogen and oxygen atoms in total. The van der Waals surface area contributed by atoms with Crippen molar-refractivity contribution in [1.82, 2.24) is 4.57 Å². The Morgan fingerprint density at radius 3 is 1.64 bits per heavy atom. The Balaban J connectivity index is 3.84. The van der Waals surface area contributed by atoms with Gasteiger partial charge < -0.3 is 4.57 Å². The van der Waals surface area contributed by atoms with E-state index in [9.17, 15) is 0 Å². The Kier molecular flexibility index (Phi) is 7.87. The Labute approximate surface area is 94.0 Å². The summed E-state index contributed by atoms with van der Waals surface area (Å²) in [6.07, 6.45) is 5.51. The molecular weight excluding hydrogens is 202 g/mol. The zero-order valence-corrected chi connectivity index (χ0v) is 13.3. The molecule has 0 heterocycles. The first kappa shape index (κ1) is 14.4. The van der Waals surface area contributed by atoms with E-state index in [4.69, 9.17) is 0 Å². The summed E-state index contributed by atoms with van der Waals surface area (Å²) in [5.41, 5.74) is 0. The summed E-state index contributed by atoms with van der Waals surface area (Å²) < 4.78 is 2.83.